The maximum atomic E-state index is 11.9. The van der Waals surface area contributed by atoms with Crippen LogP contribution in [0.15, 0.2) is 29.6 Å². The van der Waals surface area contributed by atoms with Crippen molar-refractivity contribution >= 4 is 28.9 Å². The van der Waals surface area contributed by atoms with Crippen molar-refractivity contribution in [3.8, 4) is 5.75 Å². The highest BCUT2D eigenvalue weighted by molar-refractivity contribution is 7.12. The van der Waals surface area contributed by atoms with Crippen molar-refractivity contribution in [2.24, 2.45) is 0 Å². The summed E-state index contributed by atoms with van der Waals surface area (Å²) in [5.74, 6) is -1.18. The van der Waals surface area contributed by atoms with Gasteiger partial charge in [0.25, 0.3) is 5.91 Å². The van der Waals surface area contributed by atoms with Gasteiger partial charge >= 0.3 is 5.97 Å². The summed E-state index contributed by atoms with van der Waals surface area (Å²) in [7, 11) is 0. The van der Waals surface area contributed by atoms with Gasteiger partial charge in [-0.2, -0.15) is 0 Å². The fourth-order valence-corrected chi connectivity index (χ4v) is 2.44. The molecule has 21 heavy (non-hydrogen) atoms. The second-order valence-corrected chi connectivity index (χ2v) is 5.49. The number of carboxylic acids is 1. The minimum Gasteiger partial charge on any atom is -0.482 e. The van der Waals surface area contributed by atoms with E-state index in [0.29, 0.717) is 0 Å². The standard InChI is InChI=1S/C15H15NO4S/c1-9-3-4-10(2)11(7-9)16-13(17)8-20-12-5-6-21-14(12)15(18)19/h3-7H,8H2,1-2H3,(H,16,17)(H,18,19). The van der Waals surface area contributed by atoms with Gasteiger partial charge in [-0.25, -0.2) is 4.79 Å². The SMILES string of the molecule is Cc1ccc(C)c(NC(=O)COc2ccsc2C(=O)O)c1. The van der Waals surface area contributed by atoms with Gasteiger partial charge in [0.1, 0.15) is 5.75 Å². The Bertz CT molecular complexity index is 678. The molecule has 2 rings (SSSR count). The van der Waals surface area contributed by atoms with E-state index in [1.165, 1.54) is 0 Å². The molecule has 1 amide bonds. The van der Waals surface area contributed by atoms with E-state index in [1.807, 2.05) is 32.0 Å². The van der Waals surface area contributed by atoms with Gasteiger partial charge in [-0.3, -0.25) is 4.79 Å². The van der Waals surface area contributed by atoms with Crippen molar-refractivity contribution in [3.05, 3.63) is 45.6 Å². The second-order valence-electron chi connectivity index (χ2n) is 4.57. The van der Waals surface area contributed by atoms with Crippen LogP contribution in [0.2, 0.25) is 0 Å². The predicted molar refractivity (Wildman–Crippen MR) is 81.3 cm³/mol. The third kappa shape index (κ3) is 3.82. The first-order chi connectivity index (χ1) is 9.97. The molecule has 0 bridgehead atoms. The number of hydrogen-bond acceptors (Lipinski definition) is 4. The summed E-state index contributed by atoms with van der Waals surface area (Å²) in [6.45, 7) is 3.61. The van der Waals surface area contributed by atoms with Crippen LogP contribution >= 0.6 is 11.3 Å². The van der Waals surface area contributed by atoms with E-state index >= 15 is 0 Å². The van der Waals surface area contributed by atoms with Crippen molar-refractivity contribution in [2.75, 3.05) is 11.9 Å². The van der Waals surface area contributed by atoms with Crippen LogP contribution in [0.25, 0.3) is 0 Å². The third-order valence-electron chi connectivity index (χ3n) is 2.85. The molecule has 0 radical (unpaired) electrons. The summed E-state index contributed by atoms with van der Waals surface area (Å²) in [5, 5.41) is 13.3. The monoisotopic (exact) mass is 305 g/mol. The lowest BCUT2D eigenvalue weighted by Crippen LogP contribution is -2.21. The van der Waals surface area contributed by atoms with Gasteiger partial charge in [0.2, 0.25) is 0 Å². The molecule has 1 aromatic carbocycles. The average molecular weight is 305 g/mol. The van der Waals surface area contributed by atoms with Crippen LogP contribution in [0.4, 0.5) is 5.69 Å². The van der Waals surface area contributed by atoms with Gasteiger partial charge in [-0.15, -0.1) is 11.3 Å². The number of amides is 1. The van der Waals surface area contributed by atoms with Gasteiger partial charge < -0.3 is 15.2 Å². The highest BCUT2D eigenvalue weighted by atomic mass is 32.1. The summed E-state index contributed by atoms with van der Waals surface area (Å²) in [6, 6.07) is 7.30. The first-order valence-electron chi connectivity index (χ1n) is 6.28. The number of benzene rings is 1. The minimum atomic E-state index is -1.06. The summed E-state index contributed by atoms with van der Waals surface area (Å²) in [4.78, 5) is 22.9. The number of aromatic carboxylic acids is 1. The van der Waals surface area contributed by atoms with E-state index in [4.69, 9.17) is 9.84 Å². The van der Waals surface area contributed by atoms with Gasteiger partial charge in [-0.1, -0.05) is 12.1 Å². The zero-order valence-corrected chi connectivity index (χ0v) is 12.5. The zero-order valence-electron chi connectivity index (χ0n) is 11.7. The molecular formula is C15H15NO4S. The summed E-state index contributed by atoms with van der Waals surface area (Å²) < 4.78 is 5.26. The Morgan fingerprint density at radius 1 is 1.29 bits per heavy atom. The van der Waals surface area contributed by atoms with Crippen LogP contribution in [0.5, 0.6) is 5.75 Å². The Hall–Kier alpha value is -2.34. The largest absolute Gasteiger partial charge is 0.482 e. The van der Waals surface area contributed by atoms with Crippen molar-refractivity contribution in [2.45, 2.75) is 13.8 Å². The van der Waals surface area contributed by atoms with Gasteiger partial charge in [0.15, 0.2) is 11.5 Å². The molecule has 0 saturated carbocycles. The quantitative estimate of drug-likeness (QED) is 0.890. The highest BCUT2D eigenvalue weighted by Crippen LogP contribution is 2.24. The summed E-state index contributed by atoms with van der Waals surface area (Å²) in [6.07, 6.45) is 0. The van der Waals surface area contributed by atoms with Crippen LogP contribution in [-0.2, 0) is 4.79 Å². The van der Waals surface area contributed by atoms with Crippen LogP contribution in [0.1, 0.15) is 20.8 Å². The summed E-state index contributed by atoms with van der Waals surface area (Å²) in [5.41, 5.74) is 2.73. The Morgan fingerprint density at radius 2 is 2.05 bits per heavy atom. The molecule has 0 aliphatic carbocycles. The lowest BCUT2D eigenvalue weighted by molar-refractivity contribution is -0.118. The molecule has 2 aromatic rings. The van der Waals surface area contributed by atoms with Crippen LogP contribution in [-0.4, -0.2) is 23.6 Å². The number of thiophene rings is 1. The zero-order chi connectivity index (χ0) is 15.4. The number of carbonyl (C=O) groups excluding carboxylic acids is 1. The molecule has 6 heteroatoms. The fraction of sp³-hybridized carbons (Fsp3) is 0.200. The average Bonchev–Trinajstić information content (AvgIpc) is 2.89. The Kier molecular flexibility index (Phi) is 4.59. The molecule has 0 atom stereocenters. The van der Waals surface area contributed by atoms with Crippen molar-refractivity contribution < 1.29 is 19.4 Å². The number of carboxylic acid groups (broad SMARTS) is 1. The normalized spacial score (nSPS) is 10.2. The molecule has 0 saturated heterocycles. The smallest absolute Gasteiger partial charge is 0.349 e. The number of aryl methyl sites for hydroxylation is 2. The first kappa shape index (κ1) is 15.1. The minimum absolute atomic E-state index is 0.0922. The Balaban J connectivity index is 1.98. The van der Waals surface area contributed by atoms with Gasteiger partial charge in [-0.05, 0) is 42.5 Å². The highest BCUT2D eigenvalue weighted by Gasteiger charge is 2.14. The second kappa shape index (κ2) is 6.41. The van der Waals surface area contributed by atoms with E-state index in [9.17, 15) is 9.59 Å². The summed E-state index contributed by atoms with van der Waals surface area (Å²) >= 11 is 1.06. The number of anilines is 1. The lowest BCUT2D eigenvalue weighted by atomic mass is 10.1. The number of nitrogens with one attached hydrogen (secondary N) is 1. The van der Waals surface area contributed by atoms with E-state index in [1.54, 1.807) is 11.4 Å². The van der Waals surface area contributed by atoms with E-state index in [0.717, 1.165) is 28.2 Å². The van der Waals surface area contributed by atoms with Crippen molar-refractivity contribution in [3.63, 3.8) is 0 Å². The maximum Gasteiger partial charge on any atom is 0.349 e. The van der Waals surface area contributed by atoms with Crippen LogP contribution in [0, 0.1) is 13.8 Å². The van der Waals surface area contributed by atoms with E-state index in [-0.39, 0.29) is 23.1 Å². The number of hydrogen-bond donors (Lipinski definition) is 2. The lowest BCUT2D eigenvalue weighted by Gasteiger charge is -2.10. The molecule has 5 nitrogen and oxygen atoms in total. The molecule has 0 spiro atoms. The number of carbonyl (C=O) groups is 2. The third-order valence-corrected chi connectivity index (χ3v) is 3.73. The van der Waals surface area contributed by atoms with Crippen LogP contribution in [0.3, 0.4) is 0 Å². The molecule has 110 valence electrons. The fourth-order valence-electron chi connectivity index (χ4n) is 1.77. The first-order valence-corrected chi connectivity index (χ1v) is 7.16. The van der Waals surface area contributed by atoms with Gasteiger partial charge in [0.05, 0.1) is 0 Å². The Labute approximate surface area is 126 Å². The van der Waals surface area contributed by atoms with E-state index < -0.39 is 5.97 Å². The molecule has 1 heterocycles. The van der Waals surface area contributed by atoms with E-state index in [2.05, 4.69) is 5.32 Å². The van der Waals surface area contributed by atoms with Crippen molar-refractivity contribution in [1.82, 2.24) is 0 Å². The predicted octanol–water partition coefficient (Wildman–Crippen LogP) is 3.08. The molecule has 0 aliphatic rings. The number of ether oxygens (including phenoxy) is 1. The molecule has 2 N–H and O–H groups in total. The van der Waals surface area contributed by atoms with Gasteiger partial charge in [0, 0.05) is 5.69 Å². The van der Waals surface area contributed by atoms with Crippen molar-refractivity contribution in [1.29, 1.82) is 0 Å². The molecule has 0 fully saturated rings. The topological polar surface area (TPSA) is 75.6 Å². The Morgan fingerprint density at radius 3 is 2.76 bits per heavy atom. The molecule has 1 aromatic heterocycles. The molecule has 0 aliphatic heterocycles. The number of rotatable bonds is 5. The maximum absolute atomic E-state index is 11.9. The molecule has 0 unspecified atom stereocenters. The molecular weight excluding hydrogens is 290 g/mol. The van der Waals surface area contributed by atoms with Crippen LogP contribution < -0.4 is 10.1 Å².